The molecule has 1 rings (SSSR count). The highest BCUT2D eigenvalue weighted by Crippen LogP contribution is 2.17. The smallest absolute Gasteiger partial charge is 0.229 e. The van der Waals surface area contributed by atoms with E-state index in [0.29, 0.717) is 17.7 Å². The number of thioether (sulfide) groups is 1. The second kappa shape index (κ2) is 7.16. The Morgan fingerprint density at radius 1 is 1.25 bits per heavy atom. The third-order valence-corrected chi connectivity index (χ3v) is 2.60. The topological polar surface area (TPSA) is 56.3 Å². The van der Waals surface area contributed by atoms with E-state index in [2.05, 4.69) is 21.5 Å². The van der Waals surface area contributed by atoms with Crippen LogP contribution in [-0.4, -0.2) is 42.7 Å². The third kappa shape index (κ3) is 4.14. The van der Waals surface area contributed by atoms with Gasteiger partial charge in [-0.05, 0) is 18.4 Å². The highest BCUT2D eigenvalue weighted by molar-refractivity contribution is 7.98. The van der Waals surface area contributed by atoms with Crippen LogP contribution in [0.4, 0.5) is 5.95 Å². The summed E-state index contributed by atoms with van der Waals surface area (Å²) in [6.07, 6.45) is 3.16. The SMILES string of the molecule is COc1cc(OC)nc(NCCCSC)n1. The van der Waals surface area contributed by atoms with Gasteiger partial charge in [0.1, 0.15) is 0 Å². The minimum Gasteiger partial charge on any atom is -0.481 e. The fourth-order valence-corrected chi connectivity index (χ4v) is 1.54. The standard InChI is InChI=1S/C10H17N3O2S/c1-14-8-7-9(15-2)13-10(12-8)11-5-4-6-16-3/h7H,4-6H2,1-3H3,(H,11,12,13). The summed E-state index contributed by atoms with van der Waals surface area (Å²) in [4.78, 5) is 8.33. The van der Waals surface area contributed by atoms with Crippen LogP contribution in [0.2, 0.25) is 0 Å². The average Bonchev–Trinajstić information content (AvgIpc) is 2.34. The Morgan fingerprint density at radius 3 is 2.38 bits per heavy atom. The van der Waals surface area contributed by atoms with Gasteiger partial charge in [-0.2, -0.15) is 21.7 Å². The molecule has 0 amide bonds. The van der Waals surface area contributed by atoms with Crippen molar-refractivity contribution < 1.29 is 9.47 Å². The molecule has 1 aromatic heterocycles. The van der Waals surface area contributed by atoms with Crippen molar-refractivity contribution in [2.75, 3.05) is 38.1 Å². The monoisotopic (exact) mass is 243 g/mol. The molecule has 0 spiro atoms. The first kappa shape index (κ1) is 12.9. The van der Waals surface area contributed by atoms with Gasteiger partial charge in [-0.3, -0.25) is 0 Å². The van der Waals surface area contributed by atoms with Crippen LogP contribution in [-0.2, 0) is 0 Å². The van der Waals surface area contributed by atoms with Crippen LogP contribution in [0.15, 0.2) is 6.07 Å². The molecule has 16 heavy (non-hydrogen) atoms. The van der Waals surface area contributed by atoms with Gasteiger partial charge in [0.15, 0.2) is 0 Å². The Balaban J connectivity index is 2.57. The van der Waals surface area contributed by atoms with Crippen LogP contribution >= 0.6 is 11.8 Å². The number of nitrogens with zero attached hydrogens (tertiary/aromatic N) is 2. The van der Waals surface area contributed by atoms with E-state index in [1.54, 1.807) is 20.3 Å². The maximum Gasteiger partial charge on any atom is 0.229 e. The predicted molar refractivity (Wildman–Crippen MR) is 66.6 cm³/mol. The molecule has 0 aliphatic rings. The van der Waals surface area contributed by atoms with Crippen molar-refractivity contribution in [2.45, 2.75) is 6.42 Å². The summed E-state index contributed by atoms with van der Waals surface area (Å²) in [6, 6.07) is 1.65. The lowest BCUT2D eigenvalue weighted by atomic mass is 10.5. The van der Waals surface area contributed by atoms with E-state index in [4.69, 9.17) is 9.47 Å². The van der Waals surface area contributed by atoms with Gasteiger partial charge in [0.25, 0.3) is 0 Å². The molecule has 5 nitrogen and oxygen atoms in total. The number of nitrogens with one attached hydrogen (secondary N) is 1. The molecule has 0 atom stereocenters. The molecule has 6 heteroatoms. The lowest BCUT2D eigenvalue weighted by Crippen LogP contribution is -2.07. The van der Waals surface area contributed by atoms with E-state index in [0.717, 1.165) is 18.7 Å². The molecule has 1 heterocycles. The molecule has 0 radical (unpaired) electrons. The second-order valence-electron chi connectivity index (χ2n) is 3.05. The Hall–Kier alpha value is -1.17. The van der Waals surface area contributed by atoms with Crippen molar-refractivity contribution in [1.29, 1.82) is 0 Å². The molecule has 0 bridgehead atoms. The Morgan fingerprint density at radius 2 is 1.88 bits per heavy atom. The van der Waals surface area contributed by atoms with E-state index < -0.39 is 0 Å². The van der Waals surface area contributed by atoms with E-state index in [1.807, 2.05) is 11.8 Å². The summed E-state index contributed by atoms with van der Waals surface area (Å²) in [6.45, 7) is 0.844. The van der Waals surface area contributed by atoms with Gasteiger partial charge in [-0.15, -0.1) is 0 Å². The normalized spacial score (nSPS) is 9.94. The van der Waals surface area contributed by atoms with Gasteiger partial charge < -0.3 is 14.8 Å². The number of aromatic nitrogens is 2. The summed E-state index contributed by atoms with van der Waals surface area (Å²) < 4.78 is 10.1. The van der Waals surface area contributed by atoms with Crippen molar-refractivity contribution in [3.63, 3.8) is 0 Å². The average molecular weight is 243 g/mol. The molecule has 0 aliphatic heterocycles. The van der Waals surface area contributed by atoms with Crippen LogP contribution in [0, 0.1) is 0 Å². The zero-order chi connectivity index (χ0) is 11.8. The number of hydrogen-bond donors (Lipinski definition) is 1. The highest BCUT2D eigenvalue weighted by atomic mass is 32.2. The number of hydrogen-bond acceptors (Lipinski definition) is 6. The molecular weight excluding hydrogens is 226 g/mol. The largest absolute Gasteiger partial charge is 0.481 e. The van der Waals surface area contributed by atoms with E-state index in [9.17, 15) is 0 Å². The maximum atomic E-state index is 5.05. The molecule has 0 saturated heterocycles. The zero-order valence-corrected chi connectivity index (χ0v) is 10.6. The van der Waals surface area contributed by atoms with Gasteiger partial charge in [-0.25, -0.2) is 0 Å². The molecule has 0 aliphatic carbocycles. The van der Waals surface area contributed by atoms with E-state index >= 15 is 0 Å². The molecule has 0 aromatic carbocycles. The number of anilines is 1. The summed E-state index contributed by atoms with van der Waals surface area (Å²) in [5, 5.41) is 3.13. The first-order valence-electron chi connectivity index (χ1n) is 5.00. The Kier molecular flexibility index (Phi) is 5.77. The van der Waals surface area contributed by atoms with Gasteiger partial charge >= 0.3 is 0 Å². The molecule has 0 unspecified atom stereocenters. The van der Waals surface area contributed by atoms with Gasteiger partial charge in [0, 0.05) is 6.54 Å². The van der Waals surface area contributed by atoms with Crippen LogP contribution in [0.5, 0.6) is 11.8 Å². The first-order chi connectivity index (χ1) is 7.80. The number of ether oxygens (including phenoxy) is 2. The number of rotatable bonds is 7. The Bertz CT molecular complexity index is 301. The zero-order valence-electron chi connectivity index (χ0n) is 9.82. The van der Waals surface area contributed by atoms with Crippen molar-refractivity contribution in [2.24, 2.45) is 0 Å². The minimum absolute atomic E-state index is 0.499. The molecule has 1 aromatic rings. The lowest BCUT2D eigenvalue weighted by molar-refractivity contribution is 0.373. The number of methoxy groups -OCH3 is 2. The lowest BCUT2D eigenvalue weighted by Gasteiger charge is -2.07. The fraction of sp³-hybridized carbons (Fsp3) is 0.600. The summed E-state index contributed by atoms with van der Waals surface area (Å²) in [5.41, 5.74) is 0. The van der Waals surface area contributed by atoms with Gasteiger partial charge in [0.2, 0.25) is 17.7 Å². The first-order valence-corrected chi connectivity index (χ1v) is 6.39. The van der Waals surface area contributed by atoms with Crippen LogP contribution in [0.1, 0.15) is 6.42 Å². The van der Waals surface area contributed by atoms with Crippen LogP contribution in [0.3, 0.4) is 0 Å². The van der Waals surface area contributed by atoms with Gasteiger partial charge in [0.05, 0.1) is 20.3 Å². The molecule has 0 fully saturated rings. The van der Waals surface area contributed by atoms with Crippen molar-refractivity contribution >= 4 is 17.7 Å². The van der Waals surface area contributed by atoms with Crippen molar-refractivity contribution in [1.82, 2.24) is 9.97 Å². The molecular formula is C10H17N3O2S. The van der Waals surface area contributed by atoms with Crippen molar-refractivity contribution in [3.8, 4) is 11.8 Å². The molecule has 0 saturated carbocycles. The summed E-state index contributed by atoms with van der Waals surface area (Å²) in [7, 11) is 3.14. The predicted octanol–water partition coefficient (Wildman–Crippen LogP) is 1.66. The fourth-order valence-electron chi connectivity index (χ4n) is 1.11. The van der Waals surface area contributed by atoms with Gasteiger partial charge in [-0.1, -0.05) is 0 Å². The summed E-state index contributed by atoms with van der Waals surface area (Å²) >= 11 is 1.82. The van der Waals surface area contributed by atoms with Crippen molar-refractivity contribution in [3.05, 3.63) is 6.07 Å². The van der Waals surface area contributed by atoms with Crippen LogP contribution < -0.4 is 14.8 Å². The highest BCUT2D eigenvalue weighted by Gasteiger charge is 2.04. The maximum absolute atomic E-state index is 5.05. The molecule has 1 N–H and O–H groups in total. The van der Waals surface area contributed by atoms with E-state index in [1.165, 1.54) is 0 Å². The molecule has 90 valence electrons. The Labute approximate surface area is 100.0 Å². The second-order valence-corrected chi connectivity index (χ2v) is 4.04. The minimum atomic E-state index is 0.499. The third-order valence-electron chi connectivity index (χ3n) is 1.91. The van der Waals surface area contributed by atoms with E-state index in [-0.39, 0.29) is 0 Å². The quantitative estimate of drug-likeness (QED) is 0.735. The van der Waals surface area contributed by atoms with Crippen LogP contribution in [0.25, 0.3) is 0 Å². The summed E-state index contributed by atoms with van der Waals surface area (Å²) in [5.74, 6) is 2.66.